The van der Waals surface area contributed by atoms with E-state index in [1.165, 1.54) is 29.3 Å². The highest BCUT2D eigenvalue weighted by atomic mass is 16.5. The summed E-state index contributed by atoms with van der Waals surface area (Å²) in [4.78, 5) is 5.93. The van der Waals surface area contributed by atoms with Crippen molar-refractivity contribution in [2.45, 2.75) is 77.2 Å². The number of aromatic amines is 1. The number of para-hydroxylation sites is 1. The van der Waals surface area contributed by atoms with Crippen LogP contribution < -0.4 is 0 Å². The predicted octanol–water partition coefficient (Wildman–Crippen LogP) is 5.12. The van der Waals surface area contributed by atoms with E-state index in [4.69, 9.17) is 4.74 Å². The number of aromatic nitrogens is 1. The lowest BCUT2D eigenvalue weighted by atomic mass is 9.84. The van der Waals surface area contributed by atoms with Gasteiger partial charge in [-0.25, -0.2) is 0 Å². The number of benzene rings is 1. The highest BCUT2D eigenvalue weighted by molar-refractivity contribution is 5.83. The number of hydrogen-bond acceptors (Lipinski definition) is 2. The molecule has 2 aromatic rings. The maximum atomic E-state index is 6.65. The van der Waals surface area contributed by atoms with Crippen LogP contribution in [0.5, 0.6) is 0 Å². The number of likely N-dealkylation sites (N-methyl/N-ethyl adjacent to an activating group) is 1. The summed E-state index contributed by atoms with van der Waals surface area (Å²) in [6, 6.07) is 9.05. The number of H-pyrrole nitrogens is 1. The van der Waals surface area contributed by atoms with E-state index in [0.29, 0.717) is 6.04 Å². The quantitative estimate of drug-likeness (QED) is 0.764. The SMILES string of the molecule is CCCC[C@@H]1OC(CC)(CC)[C@H](Cc2c[nH]c3ccccc23)N1C. The van der Waals surface area contributed by atoms with Crippen LogP contribution in [0.4, 0.5) is 0 Å². The molecule has 1 fully saturated rings. The molecule has 3 rings (SSSR count). The van der Waals surface area contributed by atoms with Crippen LogP contribution in [0.15, 0.2) is 30.5 Å². The average molecular weight is 329 g/mol. The van der Waals surface area contributed by atoms with Gasteiger partial charge in [0.15, 0.2) is 0 Å². The van der Waals surface area contributed by atoms with Gasteiger partial charge in [0.2, 0.25) is 0 Å². The first-order valence-electron chi connectivity index (χ1n) is 9.60. The summed E-state index contributed by atoms with van der Waals surface area (Å²) in [6.07, 6.45) is 9.25. The number of fused-ring (bicyclic) bond motifs is 1. The van der Waals surface area contributed by atoms with Gasteiger partial charge in [0.25, 0.3) is 0 Å². The zero-order valence-electron chi connectivity index (χ0n) is 15.6. The minimum absolute atomic E-state index is 0.0223. The van der Waals surface area contributed by atoms with E-state index >= 15 is 0 Å². The summed E-state index contributed by atoms with van der Waals surface area (Å²) in [6.45, 7) is 6.81. The summed E-state index contributed by atoms with van der Waals surface area (Å²) in [5, 5.41) is 1.35. The monoisotopic (exact) mass is 328 g/mol. The highest BCUT2D eigenvalue weighted by Gasteiger charge is 2.49. The first kappa shape index (κ1) is 17.5. The molecule has 1 aliphatic heterocycles. The maximum absolute atomic E-state index is 6.65. The molecule has 2 heterocycles. The van der Waals surface area contributed by atoms with Gasteiger partial charge in [-0.3, -0.25) is 4.90 Å². The van der Waals surface area contributed by atoms with Gasteiger partial charge in [0.05, 0.1) is 5.60 Å². The Balaban J connectivity index is 1.88. The average Bonchev–Trinajstić information content (AvgIpc) is 3.14. The van der Waals surface area contributed by atoms with Crippen molar-refractivity contribution >= 4 is 10.9 Å². The number of rotatable bonds is 7. The number of nitrogens with zero attached hydrogens (tertiary/aromatic N) is 1. The van der Waals surface area contributed by atoms with Crippen LogP contribution in [-0.2, 0) is 11.2 Å². The normalized spacial score (nSPS) is 24.0. The molecule has 0 saturated carbocycles. The summed E-state index contributed by atoms with van der Waals surface area (Å²) in [5.74, 6) is 0. The van der Waals surface area contributed by atoms with E-state index in [1.54, 1.807) is 0 Å². The Morgan fingerprint density at radius 3 is 2.62 bits per heavy atom. The lowest BCUT2D eigenvalue weighted by molar-refractivity contribution is -0.0656. The first-order chi connectivity index (χ1) is 11.6. The molecule has 2 atom stereocenters. The highest BCUT2D eigenvalue weighted by Crippen LogP contribution is 2.40. The van der Waals surface area contributed by atoms with Crippen molar-refractivity contribution in [1.29, 1.82) is 0 Å². The first-order valence-corrected chi connectivity index (χ1v) is 9.60. The Kier molecular flexibility index (Phi) is 5.31. The van der Waals surface area contributed by atoms with Crippen LogP contribution in [-0.4, -0.2) is 34.8 Å². The zero-order chi connectivity index (χ0) is 17.2. The van der Waals surface area contributed by atoms with E-state index in [-0.39, 0.29) is 11.8 Å². The number of hydrogen-bond donors (Lipinski definition) is 1. The van der Waals surface area contributed by atoms with Crippen molar-refractivity contribution in [3.63, 3.8) is 0 Å². The Morgan fingerprint density at radius 1 is 1.17 bits per heavy atom. The summed E-state index contributed by atoms with van der Waals surface area (Å²) >= 11 is 0. The smallest absolute Gasteiger partial charge is 0.111 e. The van der Waals surface area contributed by atoms with Crippen LogP contribution in [0.1, 0.15) is 58.4 Å². The van der Waals surface area contributed by atoms with Gasteiger partial charge in [-0.05, 0) is 50.8 Å². The van der Waals surface area contributed by atoms with Gasteiger partial charge in [-0.15, -0.1) is 0 Å². The lowest BCUT2D eigenvalue weighted by Crippen LogP contribution is -2.45. The lowest BCUT2D eigenvalue weighted by Gasteiger charge is -2.33. The molecule has 0 spiro atoms. The topological polar surface area (TPSA) is 28.3 Å². The largest absolute Gasteiger partial charge is 0.361 e. The van der Waals surface area contributed by atoms with Crippen molar-refractivity contribution < 1.29 is 4.74 Å². The van der Waals surface area contributed by atoms with Crippen molar-refractivity contribution in [3.05, 3.63) is 36.0 Å². The second-order valence-electron chi connectivity index (χ2n) is 7.23. The summed E-state index contributed by atoms with van der Waals surface area (Å²) in [5.41, 5.74) is 2.62. The van der Waals surface area contributed by atoms with Gasteiger partial charge in [-0.2, -0.15) is 0 Å². The predicted molar refractivity (Wildman–Crippen MR) is 101 cm³/mol. The van der Waals surface area contributed by atoms with E-state index in [2.05, 4.69) is 68.2 Å². The minimum Gasteiger partial charge on any atom is -0.361 e. The Bertz CT molecular complexity index is 659. The van der Waals surface area contributed by atoms with Crippen molar-refractivity contribution in [2.75, 3.05) is 7.05 Å². The molecule has 1 N–H and O–H groups in total. The van der Waals surface area contributed by atoms with Crippen molar-refractivity contribution in [2.24, 2.45) is 0 Å². The van der Waals surface area contributed by atoms with Crippen molar-refractivity contribution in [3.8, 4) is 0 Å². The van der Waals surface area contributed by atoms with E-state index < -0.39 is 0 Å². The van der Waals surface area contributed by atoms with Gasteiger partial charge in [0, 0.05) is 23.1 Å². The molecule has 1 saturated heterocycles. The molecule has 3 nitrogen and oxygen atoms in total. The van der Waals surface area contributed by atoms with Crippen LogP contribution >= 0.6 is 0 Å². The Morgan fingerprint density at radius 2 is 1.92 bits per heavy atom. The molecule has 3 heteroatoms. The second kappa shape index (κ2) is 7.28. The molecule has 132 valence electrons. The van der Waals surface area contributed by atoms with Crippen LogP contribution in [0.25, 0.3) is 10.9 Å². The minimum atomic E-state index is -0.0223. The van der Waals surface area contributed by atoms with Crippen LogP contribution in [0.3, 0.4) is 0 Å². The summed E-state index contributed by atoms with van der Waals surface area (Å²) in [7, 11) is 2.26. The van der Waals surface area contributed by atoms with Gasteiger partial charge >= 0.3 is 0 Å². The fourth-order valence-electron chi connectivity index (χ4n) is 4.37. The fraction of sp³-hybridized carbons (Fsp3) is 0.619. The zero-order valence-corrected chi connectivity index (χ0v) is 15.6. The molecule has 0 bridgehead atoms. The van der Waals surface area contributed by atoms with E-state index in [9.17, 15) is 0 Å². The van der Waals surface area contributed by atoms with E-state index in [0.717, 1.165) is 25.7 Å². The number of unbranched alkanes of at least 4 members (excludes halogenated alkanes) is 1. The number of ether oxygens (including phenoxy) is 1. The number of nitrogens with one attached hydrogen (secondary N) is 1. The molecule has 0 unspecified atom stereocenters. The van der Waals surface area contributed by atoms with E-state index in [1.807, 2.05) is 0 Å². The molecule has 1 aliphatic rings. The third-order valence-electron chi connectivity index (χ3n) is 6.01. The van der Waals surface area contributed by atoms with Gasteiger partial charge < -0.3 is 9.72 Å². The molecular formula is C21H32N2O. The standard InChI is InChI=1S/C21H32N2O/c1-5-8-13-20-23(4)19(21(6-2,7-3)24-20)14-16-15-22-18-12-10-9-11-17(16)18/h9-12,15,19-20,22H,5-8,13-14H2,1-4H3/t19-,20-/m0/s1. The molecule has 0 radical (unpaired) electrons. The molecular weight excluding hydrogens is 296 g/mol. The third kappa shape index (κ3) is 3.00. The van der Waals surface area contributed by atoms with Gasteiger partial charge in [0.1, 0.15) is 6.23 Å². The Hall–Kier alpha value is -1.32. The molecule has 1 aromatic heterocycles. The summed E-state index contributed by atoms with van der Waals surface area (Å²) < 4.78 is 6.65. The molecule has 1 aromatic carbocycles. The molecule has 24 heavy (non-hydrogen) atoms. The third-order valence-corrected chi connectivity index (χ3v) is 6.01. The Labute approximate surface area is 146 Å². The van der Waals surface area contributed by atoms with Crippen molar-refractivity contribution in [1.82, 2.24) is 9.88 Å². The maximum Gasteiger partial charge on any atom is 0.111 e. The van der Waals surface area contributed by atoms with Crippen LogP contribution in [0, 0.1) is 0 Å². The molecule has 0 amide bonds. The van der Waals surface area contributed by atoms with Gasteiger partial charge in [-0.1, -0.05) is 45.4 Å². The molecule has 0 aliphatic carbocycles. The second-order valence-corrected chi connectivity index (χ2v) is 7.23. The van der Waals surface area contributed by atoms with Crippen LogP contribution in [0.2, 0.25) is 0 Å². The fourth-order valence-corrected chi connectivity index (χ4v) is 4.37.